The molecule has 0 fully saturated rings. The quantitative estimate of drug-likeness (QED) is 0.722. The number of nitrogens with zero attached hydrogens (tertiary/aromatic N) is 2. The molecule has 0 unspecified atom stereocenters. The van der Waals surface area contributed by atoms with Crippen LogP contribution in [-0.4, -0.2) is 30.4 Å². The fourth-order valence-corrected chi connectivity index (χ4v) is 3.09. The van der Waals surface area contributed by atoms with Crippen LogP contribution in [0.25, 0.3) is 5.69 Å². The van der Waals surface area contributed by atoms with Gasteiger partial charge in [0.15, 0.2) is 0 Å². The van der Waals surface area contributed by atoms with Gasteiger partial charge in [-0.25, -0.2) is 13.1 Å². The van der Waals surface area contributed by atoms with Crippen molar-refractivity contribution < 1.29 is 13.2 Å². The molecule has 2 aromatic carbocycles. The topological polar surface area (TPSA) is 93.1 Å². The van der Waals surface area contributed by atoms with Gasteiger partial charge in [-0.3, -0.25) is 9.52 Å². The zero-order valence-corrected chi connectivity index (χ0v) is 15.1. The van der Waals surface area contributed by atoms with E-state index in [1.165, 1.54) is 6.20 Å². The average Bonchev–Trinajstić information content (AvgIpc) is 2.96. The van der Waals surface area contributed by atoms with Crippen molar-refractivity contribution in [2.45, 2.75) is 6.92 Å². The molecule has 3 aromatic rings. The maximum Gasteiger partial charge on any atom is 0.259 e. The Kier molecular flexibility index (Phi) is 4.77. The van der Waals surface area contributed by atoms with E-state index in [0.717, 1.165) is 11.9 Å². The van der Waals surface area contributed by atoms with Gasteiger partial charge in [0.05, 0.1) is 35.1 Å². The zero-order chi connectivity index (χ0) is 18.7. The van der Waals surface area contributed by atoms with Crippen LogP contribution in [0.3, 0.4) is 0 Å². The molecule has 0 atom stereocenters. The van der Waals surface area contributed by atoms with E-state index in [0.29, 0.717) is 22.6 Å². The largest absolute Gasteiger partial charge is 0.322 e. The molecule has 1 aromatic heterocycles. The summed E-state index contributed by atoms with van der Waals surface area (Å²) in [5, 5.41) is 7.04. The first kappa shape index (κ1) is 17.7. The zero-order valence-electron chi connectivity index (χ0n) is 14.3. The third-order valence-electron chi connectivity index (χ3n) is 3.68. The van der Waals surface area contributed by atoms with Crippen molar-refractivity contribution in [3.63, 3.8) is 0 Å². The van der Waals surface area contributed by atoms with Crippen LogP contribution in [0.1, 0.15) is 16.1 Å². The summed E-state index contributed by atoms with van der Waals surface area (Å²) in [4.78, 5) is 12.6. The summed E-state index contributed by atoms with van der Waals surface area (Å²) in [6, 6.07) is 16.0. The summed E-state index contributed by atoms with van der Waals surface area (Å²) in [6.07, 6.45) is 2.58. The maximum atomic E-state index is 12.6. The van der Waals surface area contributed by atoms with Crippen molar-refractivity contribution in [1.82, 2.24) is 9.78 Å². The molecule has 0 saturated heterocycles. The van der Waals surface area contributed by atoms with Crippen LogP contribution in [0.15, 0.2) is 60.8 Å². The minimum Gasteiger partial charge on any atom is -0.322 e. The lowest BCUT2D eigenvalue weighted by Gasteiger charge is -2.09. The first-order valence-corrected chi connectivity index (χ1v) is 9.72. The Bertz CT molecular complexity index is 1040. The van der Waals surface area contributed by atoms with Crippen molar-refractivity contribution in [3.8, 4) is 5.69 Å². The first-order valence-electron chi connectivity index (χ1n) is 7.83. The smallest absolute Gasteiger partial charge is 0.259 e. The van der Waals surface area contributed by atoms with Crippen LogP contribution in [0.4, 0.5) is 11.4 Å². The highest BCUT2D eigenvalue weighted by atomic mass is 32.2. The number of amides is 1. The molecule has 7 nitrogen and oxygen atoms in total. The molecule has 134 valence electrons. The third-order valence-corrected chi connectivity index (χ3v) is 4.29. The molecule has 0 saturated carbocycles. The monoisotopic (exact) mass is 370 g/mol. The van der Waals surface area contributed by atoms with Crippen molar-refractivity contribution in [3.05, 3.63) is 72.1 Å². The van der Waals surface area contributed by atoms with E-state index in [1.807, 2.05) is 37.3 Å². The molecule has 0 bridgehead atoms. The molecule has 2 N–H and O–H groups in total. The number of aromatic nitrogens is 2. The van der Waals surface area contributed by atoms with E-state index >= 15 is 0 Å². The van der Waals surface area contributed by atoms with Gasteiger partial charge in [-0.2, -0.15) is 5.10 Å². The van der Waals surface area contributed by atoms with Gasteiger partial charge in [0.1, 0.15) is 0 Å². The lowest BCUT2D eigenvalue weighted by atomic mass is 10.2. The number of carbonyl (C=O) groups is 1. The van der Waals surface area contributed by atoms with Gasteiger partial charge in [-0.05, 0) is 37.3 Å². The fourth-order valence-electron chi connectivity index (χ4n) is 2.53. The van der Waals surface area contributed by atoms with Gasteiger partial charge in [0.2, 0.25) is 10.0 Å². The van der Waals surface area contributed by atoms with E-state index in [-0.39, 0.29) is 5.91 Å². The highest BCUT2D eigenvalue weighted by molar-refractivity contribution is 7.92. The SMILES string of the molecule is Cc1c(C(=O)Nc2cccc(NS(C)(=O)=O)c2)cnn1-c1ccccc1. The van der Waals surface area contributed by atoms with Gasteiger partial charge >= 0.3 is 0 Å². The van der Waals surface area contributed by atoms with E-state index in [4.69, 9.17) is 0 Å². The van der Waals surface area contributed by atoms with Crippen LogP contribution in [-0.2, 0) is 10.0 Å². The van der Waals surface area contributed by atoms with Gasteiger partial charge in [-0.15, -0.1) is 0 Å². The number of sulfonamides is 1. The lowest BCUT2D eigenvalue weighted by Crippen LogP contribution is -2.14. The molecule has 0 aliphatic carbocycles. The Morgan fingerprint density at radius 2 is 1.73 bits per heavy atom. The number of para-hydroxylation sites is 1. The molecule has 8 heteroatoms. The fraction of sp³-hybridized carbons (Fsp3) is 0.111. The Hall–Kier alpha value is -3.13. The molecule has 0 aliphatic rings. The number of rotatable bonds is 5. The maximum absolute atomic E-state index is 12.6. The summed E-state index contributed by atoms with van der Waals surface area (Å²) in [5.74, 6) is -0.318. The molecule has 3 rings (SSSR count). The van der Waals surface area contributed by atoms with Crippen molar-refractivity contribution in [1.29, 1.82) is 0 Å². The second kappa shape index (κ2) is 7.01. The standard InChI is InChI=1S/C18H18N4O3S/c1-13-17(12-19-22(13)16-9-4-3-5-10-16)18(23)20-14-7-6-8-15(11-14)21-26(2,24)25/h3-12,21H,1-2H3,(H,20,23). The average molecular weight is 370 g/mol. The highest BCUT2D eigenvalue weighted by Crippen LogP contribution is 2.19. The molecule has 1 heterocycles. The van der Waals surface area contributed by atoms with Crippen LogP contribution < -0.4 is 10.0 Å². The predicted molar refractivity (Wildman–Crippen MR) is 101 cm³/mol. The number of anilines is 2. The molecular weight excluding hydrogens is 352 g/mol. The van der Waals surface area contributed by atoms with Gasteiger partial charge in [0, 0.05) is 5.69 Å². The molecule has 0 aliphatic heterocycles. The Morgan fingerprint density at radius 1 is 1.04 bits per heavy atom. The van der Waals surface area contributed by atoms with Crippen molar-refractivity contribution >= 4 is 27.3 Å². The number of benzene rings is 2. The van der Waals surface area contributed by atoms with Crippen LogP contribution >= 0.6 is 0 Å². The minimum atomic E-state index is -3.38. The van der Waals surface area contributed by atoms with Crippen LogP contribution in [0.5, 0.6) is 0 Å². The molecule has 0 radical (unpaired) electrons. The molecule has 26 heavy (non-hydrogen) atoms. The van der Waals surface area contributed by atoms with Crippen molar-refractivity contribution in [2.24, 2.45) is 0 Å². The Morgan fingerprint density at radius 3 is 2.42 bits per heavy atom. The number of hydrogen-bond acceptors (Lipinski definition) is 4. The second-order valence-corrected chi connectivity index (χ2v) is 7.55. The van der Waals surface area contributed by atoms with Crippen LogP contribution in [0.2, 0.25) is 0 Å². The third kappa shape index (κ3) is 4.09. The van der Waals surface area contributed by atoms with Crippen LogP contribution in [0, 0.1) is 6.92 Å². The van der Waals surface area contributed by atoms with E-state index in [9.17, 15) is 13.2 Å². The second-order valence-electron chi connectivity index (χ2n) is 5.80. The lowest BCUT2D eigenvalue weighted by molar-refractivity contribution is 0.102. The van der Waals surface area contributed by atoms with Gasteiger partial charge < -0.3 is 5.32 Å². The molecule has 0 spiro atoms. The van der Waals surface area contributed by atoms with Gasteiger partial charge in [-0.1, -0.05) is 24.3 Å². The molecule has 1 amide bonds. The Balaban J connectivity index is 1.81. The first-order chi connectivity index (χ1) is 12.3. The number of nitrogens with one attached hydrogen (secondary N) is 2. The minimum absolute atomic E-state index is 0.318. The summed E-state index contributed by atoms with van der Waals surface area (Å²) < 4.78 is 26.7. The number of carbonyl (C=O) groups excluding carboxylic acids is 1. The van der Waals surface area contributed by atoms with E-state index in [2.05, 4.69) is 15.1 Å². The van der Waals surface area contributed by atoms with E-state index < -0.39 is 10.0 Å². The summed E-state index contributed by atoms with van der Waals surface area (Å²) in [7, 11) is -3.38. The summed E-state index contributed by atoms with van der Waals surface area (Å²) >= 11 is 0. The number of hydrogen-bond donors (Lipinski definition) is 2. The molecular formula is C18H18N4O3S. The van der Waals surface area contributed by atoms with Crippen molar-refractivity contribution in [2.75, 3.05) is 16.3 Å². The summed E-state index contributed by atoms with van der Waals surface area (Å²) in [5.41, 5.74) is 2.87. The normalized spacial score (nSPS) is 11.2. The Labute approximate surface area is 151 Å². The highest BCUT2D eigenvalue weighted by Gasteiger charge is 2.15. The van der Waals surface area contributed by atoms with E-state index in [1.54, 1.807) is 28.9 Å². The van der Waals surface area contributed by atoms with Gasteiger partial charge in [0.25, 0.3) is 5.91 Å². The summed E-state index contributed by atoms with van der Waals surface area (Å²) in [6.45, 7) is 1.82. The predicted octanol–water partition coefficient (Wildman–Crippen LogP) is 2.80.